The molecule has 2 heteroatoms. The quantitative estimate of drug-likeness (QED) is 0.635. The molecular formula is C12H22O2. The summed E-state index contributed by atoms with van der Waals surface area (Å²) in [5.41, 5.74) is 0.756. The molecule has 14 heavy (non-hydrogen) atoms. The van der Waals surface area contributed by atoms with Gasteiger partial charge >= 0.3 is 0 Å². The average molecular weight is 198 g/mol. The van der Waals surface area contributed by atoms with Gasteiger partial charge in [0.05, 0.1) is 0 Å². The number of ketones is 1. The first kappa shape index (κ1) is 13.4. The predicted molar refractivity (Wildman–Crippen MR) is 59.3 cm³/mol. The molecule has 0 radical (unpaired) electrons. The van der Waals surface area contributed by atoms with Crippen LogP contribution in [0.5, 0.6) is 0 Å². The Morgan fingerprint density at radius 2 is 1.93 bits per heavy atom. The van der Waals surface area contributed by atoms with Gasteiger partial charge < -0.3 is 4.74 Å². The highest BCUT2D eigenvalue weighted by Crippen LogP contribution is 2.24. The van der Waals surface area contributed by atoms with Crippen molar-refractivity contribution in [2.75, 3.05) is 6.61 Å². The molecule has 0 saturated carbocycles. The van der Waals surface area contributed by atoms with E-state index in [0.29, 0.717) is 13.0 Å². The molecule has 0 aliphatic carbocycles. The molecule has 0 aromatic heterocycles. The zero-order valence-corrected chi connectivity index (χ0v) is 10.0. The Morgan fingerprint density at radius 3 is 2.21 bits per heavy atom. The van der Waals surface area contributed by atoms with E-state index in [1.165, 1.54) is 0 Å². The molecule has 0 aromatic rings. The van der Waals surface area contributed by atoms with Crippen LogP contribution in [0.3, 0.4) is 0 Å². The van der Waals surface area contributed by atoms with Crippen LogP contribution >= 0.6 is 0 Å². The zero-order valence-electron chi connectivity index (χ0n) is 10.0. The SMILES string of the molecule is C=C(C)CC(=O)C(OCC)C(C)(C)C. The number of hydrogen-bond acceptors (Lipinski definition) is 2. The Morgan fingerprint density at radius 1 is 1.43 bits per heavy atom. The molecule has 0 aliphatic rings. The second-order valence-electron chi connectivity index (χ2n) is 4.80. The molecule has 0 saturated heterocycles. The average Bonchev–Trinajstić information content (AvgIpc) is 1.96. The minimum absolute atomic E-state index is 0.131. The zero-order chi connectivity index (χ0) is 11.4. The maximum Gasteiger partial charge on any atom is 0.166 e. The number of carbonyl (C=O) groups excluding carboxylic acids is 1. The van der Waals surface area contributed by atoms with Crippen molar-refractivity contribution in [3.05, 3.63) is 12.2 Å². The lowest BCUT2D eigenvalue weighted by atomic mass is 9.85. The molecule has 0 fully saturated rings. The third-order valence-electron chi connectivity index (χ3n) is 1.89. The van der Waals surface area contributed by atoms with Gasteiger partial charge in [-0.05, 0) is 19.3 Å². The smallest absolute Gasteiger partial charge is 0.166 e. The van der Waals surface area contributed by atoms with Crippen molar-refractivity contribution in [3.8, 4) is 0 Å². The number of carbonyl (C=O) groups is 1. The summed E-state index contributed by atoms with van der Waals surface area (Å²) in [6.45, 7) is 14.1. The van der Waals surface area contributed by atoms with Crippen LogP contribution in [0.4, 0.5) is 0 Å². The molecule has 2 nitrogen and oxygen atoms in total. The van der Waals surface area contributed by atoms with Gasteiger partial charge in [0.15, 0.2) is 5.78 Å². The monoisotopic (exact) mass is 198 g/mol. The molecule has 0 aliphatic heterocycles. The summed E-state index contributed by atoms with van der Waals surface area (Å²) in [6, 6.07) is 0. The van der Waals surface area contributed by atoms with Gasteiger partial charge in [0.1, 0.15) is 6.10 Å². The van der Waals surface area contributed by atoms with Gasteiger partial charge in [0.25, 0.3) is 0 Å². The maximum atomic E-state index is 11.8. The minimum Gasteiger partial charge on any atom is -0.370 e. The number of ether oxygens (including phenoxy) is 1. The van der Waals surface area contributed by atoms with Crippen LogP contribution < -0.4 is 0 Å². The van der Waals surface area contributed by atoms with Gasteiger partial charge in [-0.15, -0.1) is 0 Å². The molecule has 82 valence electrons. The fourth-order valence-corrected chi connectivity index (χ4v) is 1.38. The number of hydrogen-bond donors (Lipinski definition) is 0. The summed E-state index contributed by atoms with van der Waals surface area (Å²) in [7, 11) is 0. The van der Waals surface area contributed by atoms with E-state index >= 15 is 0 Å². The summed E-state index contributed by atoms with van der Waals surface area (Å²) in [4.78, 5) is 11.8. The van der Waals surface area contributed by atoms with Crippen molar-refractivity contribution in [1.82, 2.24) is 0 Å². The van der Waals surface area contributed by atoms with Crippen molar-refractivity contribution in [1.29, 1.82) is 0 Å². The first-order valence-corrected chi connectivity index (χ1v) is 5.07. The van der Waals surface area contributed by atoms with Crippen molar-refractivity contribution < 1.29 is 9.53 Å². The first-order valence-electron chi connectivity index (χ1n) is 5.07. The Labute approximate surface area is 87.3 Å². The Balaban J connectivity index is 4.49. The lowest BCUT2D eigenvalue weighted by Crippen LogP contribution is -2.37. The Kier molecular flexibility index (Phi) is 5.06. The van der Waals surface area contributed by atoms with E-state index in [2.05, 4.69) is 6.58 Å². The number of allylic oxidation sites excluding steroid dienone is 1. The first-order chi connectivity index (χ1) is 6.29. The second-order valence-corrected chi connectivity index (χ2v) is 4.80. The molecule has 0 rings (SSSR count). The van der Waals surface area contributed by atoms with E-state index in [9.17, 15) is 4.79 Å². The lowest BCUT2D eigenvalue weighted by molar-refractivity contribution is -0.136. The lowest BCUT2D eigenvalue weighted by Gasteiger charge is -2.29. The van der Waals surface area contributed by atoms with E-state index in [1.807, 2.05) is 34.6 Å². The molecule has 1 atom stereocenters. The van der Waals surface area contributed by atoms with Gasteiger partial charge in [-0.3, -0.25) is 4.79 Å². The molecular weight excluding hydrogens is 176 g/mol. The normalized spacial score (nSPS) is 13.8. The maximum absolute atomic E-state index is 11.8. The number of Topliss-reactive ketones (excluding diaryl/α,β-unsaturated/α-hetero) is 1. The topological polar surface area (TPSA) is 26.3 Å². The molecule has 0 spiro atoms. The number of rotatable bonds is 5. The molecule has 0 amide bonds. The molecule has 0 N–H and O–H groups in total. The van der Waals surface area contributed by atoms with Crippen molar-refractivity contribution in [2.24, 2.45) is 5.41 Å². The van der Waals surface area contributed by atoms with Crippen LogP contribution in [-0.2, 0) is 9.53 Å². The van der Waals surface area contributed by atoms with E-state index in [4.69, 9.17) is 4.74 Å². The van der Waals surface area contributed by atoms with Crippen molar-refractivity contribution >= 4 is 5.78 Å². The van der Waals surface area contributed by atoms with Crippen LogP contribution in [0, 0.1) is 5.41 Å². The highest BCUT2D eigenvalue weighted by Gasteiger charge is 2.31. The van der Waals surface area contributed by atoms with Gasteiger partial charge in [-0.25, -0.2) is 0 Å². The fourth-order valence-electron chi connectivity index (χ4n) is 1.38. The second kappa shape index (κ2) is 5.30. The van der Waals surface area contributed by atoms with E-state index in [1.54, 1.807) is 0 Å². The van der Waals surface area contributed by atoms with E-state index < -0.39 is 0 Å². The van der Waals surface area contributed by atoms with Crippen LogP contribution in [-0.4, -0.2) is 18.5 Å². The molecule has 0 bridgehead atoms. The summed E-state index contributed by atoms with van der Waals surface area (Å²) >= 11 is 0. The Hall–Kier alpha value is -0.630. The van der Waals surface area contributed by atoms with Crippen LogP contribution in [0.2, 0.25) is 0 Å². The molecule has 0 aromatic carbocycles. The van der Waals surface area contributed by atoms with Crippen molar-refractivity contribution in [2.45, 2.75) is 47.1 Å². The highest BCUT2D eigenvalue weighted by atomic mass is 16.5. The van der Waals surface area contributed by atoms with Gasteiger partial charge in [-0.1, -0.05) is 32.9 Å². The van der Waals surface area contributed by atoms with Gasteiger partial charge in [-0.2, -0.15) is 0 Å². The Bertz CT molecular complexity index is 211. The fraction of sp³-hybridized carbons (Fsp3) is 0.750. The molecule has 0 heterocycles. The summed E-state index contributed by atoms with van der Waals surface area (Å²) in [5.74, 6) is 0.131. The summed E-state index contributed by atoms with van der Waals surface area (Å²) in [5, 5.41) is 0. The minimum atomic E-state index is -0.316. The standard InChI is InChI=1S/C12H22O2/c1-7-14-11(12(4,5)6)10(13)8-9(2)3/h11H,2,7-8H2,1,3-6H3. The van der Waals surface area contributed by atoms with Crippen LogP contribution in [0.15, 0.2) is 12.2 Å². The van der Waals surface area contributed by atoms with E-state index in [-0.39, 0.29) is 17.3 Å². The van der Waals surface area contributed by atoms with Crippen LogP contribution in [0.1, 0.15) is 41.0 Å². The highest BCUT2D eigenvalue weighted by molar-refractivity contribution is 5.85. The summed E-state index contributed by atoms with van der Waals surface area (Å²) < 4.78 is 5.48. The molecule has 1 unspecified atom stereocenters. The van der Waals surface area contributed by atoms with Crippen LogP contribution in [0.25, 0.3) is 0 Å². The summed E-state index contributed by atoms with van der Waals surface area (Å²) in [6.07, 6.45) is 0.103. The largest absolute Gasteiger partial charge is 0.370 e. The van der Waals surface area contributed by atoms with Crippen molar-refractivity contribution in [3.63, 3.8) is 0 Å². The van der Waals surface area contributed by atoms with Gasteiger partial charge in [0, 0.05) is 13.0 Å². The van der Waals surface area contributed by atoms with E-state index in [0.717, 1.165) is 5.57 Å². The van der Waals surface area contributed by atoms with Gasteiger partial charge in [0.2, 0.25) is 0 Å². The predicted octanol–water partition coefficient (Wildman–Crippen LogP) is 2.97. The third-order valence-corrected chi connectivity index (χ3v) is 1.89. The third kappa shape index (κ3) is 4.56.